The van der Waals surface area contributed by atoms with E-state index in [-0.39, 0.29) is 11.6 Å². The molecule has 0 unspecified atom stereocenters. The Bertz CT molecular complexity index is 624. The number of nitrogens with zero attached hydrogens (tertiary/aromatic N) is 1. The molecule has 7 heteroatoms. The molecule has 19 heavy (non-hydrogen) atoms. The highest BCUT2D eigenvalue weighted by atomic mass is 32.1. The van der Waals surface area contributed by atoms with E-state index in [1.54, 1.807) is 12.1 Å². The number of hydrogen-bond donors (Lipinski definition) is 2. The van der Waals surface area contributed by atoms with Crippen LogP contribution in [0.3, 0.4) is 0 Å². The molecular weight excluding hydrogens is 266 g/mol. The third-order valence-electron chi connectivity index (χ3n) is 2.60. The first kappa shape index (κ1) is 13.4. The van der Waals surface area contributed by atoms with Crippen LogP contribution in [-0.4, -0.2) is 31.0 Å². The molecule has 100 valence electrons. The molecule has 0 saturated heterocycles. The summed E-state index contributed by atoms with van der Waals surface area (Å²) in [5.41, 5.74) is 0.0347. The first-order valence-corrected chi connectivity index (χ1v) is 6.54. The van der Waals surface area contributed by atoms with E-state index >= 15 is 0 Å². The molecule has 6 nitrogen and oxygen atoms in total. The minimum atomic E-state index is -0.441. The number of carbonyl (C=O) groups is 1. The van der Waals surface area contributed by atoms with E-state index in [1.807, 2.05) is 7.05 Å². The molecule has 0 fully saturated rings. The number of amides is 1. The number of non-ortho nitro benzene ring substituents is 1. The topological polar surface area (TPSA) is 84.3 Å². The van der Waals surface area contributed by atoms with Crippen LogP contribution in [-0.2, 0) is 0 Å². The van der Waals surface area contributed by atoms with Gasteiger partial charge >= 0.3 is 0 Å². The van der Waals surface area contributed by atoms with Crippen LogP contribution in [0.2, 0.25) is 0 Å². The summed E-state index contributed by atoms with van der Waals surface area (Å²) in [6.07, 6.45) is 0. The van der Waals surface area contributed by atoms with Crippen LogP contribution in [0.5, 0.6) is 0 Å². The fourth-order valence-corrected chi connectivity index (χ4v) is 2.60. The monoisotopic (exact) mass is 279 g/mol. The lowest BCUT2D eigenvalue weighted by molar-refractivity contribution is -0.384. The minimum Gasteiger partial charge on any atom is -0.350 e. The Morgan fingerprint density at radius 3 is 2.84 bits per heavy atom. The average molecular weight is 279 g/mol. The molecule has 0 bridgehead atoms. The van der Waals surface area contributed by atoms with Crippen LogP contribution >= 0.6 is 11.3 Å². The molecule has 1 heterocycles. The van der Waals surface area contributed by atoms with Crippen LogP contribution in [0.1, 0.15) is 9.67 Å². The summed E-state index contributed by atoms with van der Waals surface area (Å²) in [4.78, 5) is 22.6. The maximum atomic E-state index is 11.8. The van der Waals surface area contributed by atoms with Crippen LogP contribution in [0, 0.1) is 10.1 Å². The molecule has 0 spiro atoms. The Hall–Kier alpha value is -1.99. The molecule has 0 aliphatic heterocycles. The number of carbonyl (C=O) groups excluding carboxylic acids is 1. The number of thiophene rings is 1. The van der Waals surface area contributed by atoms with Crippen molar-refractivity contribution in [3.05, 3.63) is 39.3 Å². The van der Waals surface area contributed by atoms with Gasteiger partial charge in [-0.2, -0.15) is 0 Å². The summed E-state index contributed by atoms with van der Waals surface area (Å²) in [5, 5.41) is 17.1. The second-order valence-electron chi connectivity index (χ2n) is 3.95. The van der Waals surface area contributed by atoms with Crippen LogP contribution in [0.15, 0.2) is 24.3 Å². The molecule has 0 aliphatic carbocycles. The van der Waals surface area contributed by atoms with Crippen molar-refractivity contribution in [1.82, 2.24) is 10.6 Å². The van der Waals surface area contributed by atoms with E-state index < -0.39 is 4.92 Å². The summed E-state index contributed by atoms with van der Waals surface area (Å²) in [7, 11) is 1.81. The summed E-state index contributed by atoms with van der Waals surface area (Å²) < 4.78 is 0.865. The Kier molecular flexibility index (Phi) is 4.08. The van der Waals surface area contributed by atoms with Crippen molar-refractivity contribution in [3.63, 3.8) is 0 Å². The SMILES string of the molecule is CNCCNC(=O)c1cc2cc([N+](=O)[O-])ccc2s1. The van der Waals surface area contributed by atoms with Gasteiger partial charge in [-0.05, 0) is 19.2 Å². The molecule has 0 saturated carbocycles. The van der Waals surface area contributed by atoms with Gasteiger partial charge in [-0.15, -0.1) is 11.3 Å². The third kappa shape index (κ3) is 3.07. The van der Waals surface area contributed by atoms with Crippen molar-refractivity contribution in [2.75, 3.05) is 20.1 Å². The van der Waals surface area contributed by atoms with Crippen molar-refractivity contribution in [3.8, 4) is 0 Å². The van der Waals surface area contributed by atoms with E-state index in [9.17, 15) is 14.9 Å². The Morgan fingerprint density at radius 1 is 1.37 bits per heavy atom. The molecule has 1 aromatic carbocycles. The van der Waals surface area contributed by atoms with Crippen LogP contribution in [0.25, 0.3) is 10.1 Å². The Balaban J connectivity index is 2.21. The van der Waals surface area contributed by atoms with Gasteiger partial charge in [0.25, 0.3) is 11.6 Å². The maximum absolute atomic E-state index is 11.8. The van der Waals surface area contributed by atoms with Gasteiger partial charge in [0.15, 0.2) is 0 Å². The summed E-state index contributed by atoms with van der Waals surface area (Å²) in [6.45, 7) is 1.24. The molecule has 2 aromatic rings. The summed E-state index contributed by atoms with van der Waals surface area (Å²) >= 11 is 1.33. The van der Waals surface area contributed by atoms with Gasteiger partial charge in [0.1, 0.15) is 0 Å². The van der Waals surface area contributed by atoms with Gasteiger partial charge in [0.2, 0.25) is 0 Å². The number of nitrogens with one attached hydrogen (secondary N) is 2. The molecule has 2 N–H and O–H groups in total. The molecule has 0 radical (unpaired) electrons. The number of nitro benzene ring substituents is 1. The zero-order valence-electron chi connectivity index (χ0n) is 10.3. The van der Waals surface area contributed by atoms with Crippen molar-refractivity contribution in [1.29, 1.82) is 0 Å². The predicted molar refractivity (Wildman–Crippen MR) is 74.7 cm³/mol. The molecule has 1 amide bonds. The minimum absolute atomic E-state index is 0.0347. The standard InChI is InChI=1S/C12H13N3O3S/c1-13-4-5-14-12(16)11-7-8-6-9(15(17)18)2-3-10(8)19-11/h2-3,6-7,13H,4-5H2,1H3,(H,14,16). The normalized spacial score (nSPS) is 10.6. The first-order valence-electron chi connectivity index (χ1n) is 5.72. The van der Waals surface area contributed by atoms with Gasteiger partial charge in [-0.1, -0.05) is 0 Å². The number of benzene rings is 1. The van der Waals surface area contributed by atoms with E-state index in [0.717, 1.165) is 10.1 Å². The first-order chi connectivity index (χ1) is 9.11. The second-order valence-corrected chi connectivity index (χ2v) is 5.03. The van der Waals surface area contributed by atoms with Crippen molar-refractivity contribution >= 4 is 33.0 Å². The number of likely N-dealkylation sites (N-methyl/N-ethyl adjacent to an activating group) is 1. The van der Waals surface area contributed by atoms with Crippen LogP contribution in [0.4, 0.5) is 5.69 Å². The van der Waals surface area contributed by atoms with E-state index in [1.165, 1.54) is 23.5 Å². The summed E-state index contributed by atoms with van der Waals surface area (Å²) in [6, 6.07) is 6.28. The van der Waals surface area contributed by atoms with Gasteiger partial charge < -0.3 is 10.6 Å². The number of nitro groups is 1. The highest BCUT2D eigenvalue weighted by Gasteiger charge is 2.12. The zero-order chi connectivity index (χ0) is 13.8. The van der Waals surface area contributed by atoms with E-state index in [2.05, 4.69) is 10.6 Å². The molecule has 0 atom stereocenters. The Morgan fingerprint density at radius 2 is 2.16 bits per heavy atom. The fourth-order valence-electron chi connectivity index (χ4n) is 1.64. The lowest BCUT2D eigenvalue weighted by atomic mass is 10.2. The number of hydrogen-bond acceptors (Lipinski definition) is 5. The molecule has 2 rings (SSSR count). The predicted octanol–water partition coefficient (Wildman–Crippen LogP) is 1.76. The highest BCUT2D eigenvalue weighted by Crippen LogP contribution is 2.28. The van der Waals surface area contributed by atoms with E-state index in [4.69, 9.17) is 0 Å². The van der Waals surface area contributed by atoms with E-state index in [0.29, 0.717) is 18.0 Å². The molecule has 0 aliphatic rings. The zero-order valence-corrected chi connectivity index (χ0v) is 11.1. The smallest absolute Gasteiger partial charge is 0.270 e. The van der Waals surface area contributed by atoms with Gasteiger partial charge in [-0.25, -0.2) is 0 Å². The molecule has 1 aromatic heterocycles. The highest BCUT2D eigenvalue weighted by molar-refractivity contribution is 7.20. The largest absolute Gasteiger partial charge is 0.350 e. The third-order valence-corrected chi connectivity index (χ3v) is 3.71. The second kappa shape index (κ2) is 5.77. The van der Waals surface area contributed by atoms with Crippen molar-refractivity contribution in [2.24, 2.45) is 0 Å². The lowest BCUT2D eigenvalue weighted by Gasteiger charge is -2.01. The molecular formula is C12H13N3O3S. The fraction of sp³-hybridized carbons (Fsp3) is 0.250. The number of rotatable bonds is 5. The quantitative estimate of drug-likeness (QED) is 0.496. The van der Waals surface area contributed by atoms with Gasteiger partial charge in [-0.3, -0.25) is 14.9 Å². The van der Waals surface area contributed by atoms with Crippen LogP contribution < -0.4 is 10.6 Å². The summed E-state index contributed by atoms with van der Waals surface area (Å²) in [5.74, 6) is -0.154. The van der Waals surface area contributed by atoms with Gasteiger partial charge in [0.05, 0.1) is 9.80 Å². The van der Waals surface area contributed by atoms with Crippen molar-refractivity contribution in [2.45, 2.75) is 0 Å². The average Bonchev–Trinajstić information content (AvgIpc) is 2.81. The maximum Gasteiger partial charge on any atom is 0.270 e. The number of fused-ring (bicyclic) bond motifs is 1. The lowest BCUT2D eigenvalue weighted by Crippen LogP contribution is -2.29. The van der Waals surface area contributed by atoms with Gasteiger partial charge in [0, 0.05) is 35.3 Å². The van der Waals surface area contributed by atoms with Crippen molar-refractivity contribution < 1.29 is 9.72 Å². The Labute approximate surface area is 113 Å².